The van der Waals surface area contributed by atoms with Gasteiger partial charge < -0.3 is 15.2 Å². The summed E-state index contributed by atoms with van der Waals surface area (Å²) >= 11 is 0. The van der Waals surface area contributed by atoms with Crippen LogP contribution in [0.15, 0.2) is 48.5 Å². The summed E-state index contributed by atoms with van der Waals surface area (Å²) in [4.78, 5) is 22.8. The van der Waals surface area contributed by atoms with Crippen LogP contribution in [0.3, 0.4) is 0 Å². The third-order valence-electron chi connectivity index (χ3n) is 3.38. The Bertz CT molecular complexity index is 603. The van der Waals surface area contributed by atoms with Gasteiger partial charge in [0.2, 0.25) is 0 Å². The summed E-state index contributed by atoms with van der Waals surface area (Å²) in [6.07, 6.45) is 0. The monoisotopic (exact) mass is 299 g/mol. The third kappa shape index (κ3) is 3.32. The lowest BCUT2D eigenvalue weighted by Crippen LogP contribution is -2.12. The predicted molar refractivity (Wildman–Crippen MR) is 81.6 cm³/mol. The molecule has 0 heterocycles. The number of benzene rings is 2. The van der Waals surface area contributed by atoms with Crippen LogP contribution >= 0.6 is 0 Å². The number of nitrogens with two attached hydrogens (primary N) is 1. The minimum absolute atomic E-state index is 0.349. The molecule has 0 fully saturated rings. The lowest BCUT2D eigenvalue weighted by atomic mass is 9.97. The Morgan fingerprint density at radius 2 is 1.09 bits per heavy atom. The molecule has 22 heavy (non-hydrogen) atoms. The molecule has 2 aromatic rings. The maximum Gasteiger partial charge on any atom is 0.337 e. The molecular formula is C17H17NO4. The van der Waals surface area contributed by atoms with Crippen molar-refractivity contribution in [2.24, 2.45) is 5.73 Å². The Kier molecular flexibility index (Phi) is 4.91. The van der Waals surface area contributed by atoms with Crippen molar-refractivity contribution in [2.45, 2.75) is 6.04 Å². The first kappa shape index (κ1) is 15.7. The zero-order valence-electron chi connectivity index (χ0n) is 12.4. The number of rotatable bonds is 4. The first-order chi connectivity index (χ1) is 10.6. The van der Waals surface area contributed by atoms with Crippen molar-refractivity contribution in [3.8, 4) is 0 Å². The van der Waals surface area contributed by atoms with Crippen LogP contribution in [0, 0.1) is 0 Å². The van der Waals surface area contributed by atoms with Crippen molar-refractivity contribution in [1.29, 1.82) is 0 Å². The number of hydrogen-bond acceptors (Lipinski definition) is 5. The molecule has 2 aromatic carbocycles. The van der Waals surface area contributed by atoms with Gasteiger partial charge in [-0.15, -0.1) is 0 Å². The van der Waals surface area contributed by atoms with E-state index in [9.17, 15) is 9.59 Å². The molecule has 2 rings (SSSR count). The molecule has 0 unspecified atom stereocenters. The van der Waals surface area contributed by atoms with E-state index in [-0.39, 0.29) is 18.0 Å². The maximum absolute atomic E-state index is 11.4. The van der Waals surface area contributed by atoms with Crippen molar-refractivity contribution >= 4 is 11.9 Å². The lowest BCUT2D eigenvalue weighted by molar-refractivity contribution is 0.0592. The van der Waals surface area contributed by atoms with E-state index < -0.39 is 0 Å². The molecular weight excluding hydrogens is 282 g/mol. The molecule has 0 saturated heterocycles. The van der Waals surface area contributed by atoms with E-state index in [1.165, 1.54) is 14.2 Å². The van der Waals surface area contributed by atoms with Crippen LogP contribution < -0.4 is 5.73 Å². The largest absolute Gasteiger partial charge is 0.465 e. The van der Waals surface area contributed by atoms with Gasteiger partial charge in [-0.25, -0.2) is 9.59 Å². The van der Waals surface area contributed by atoms with Gasteiger partial charge in [0.25, 0.3) is 0 Å². The van der Waals surface area contributed by atoms with E-state index >= 15 is 0 Å². The third-order valence-corrected chi connectivity index (χ3v) is 3.38. The average molecular weight is 299 g/mol. The second kappa shape index (κ2) is 6.87. The zero-order valence-corrected chi connectivity index (χ0v) is 12.4. The summed E-state index contributed by atoms with van der Waals surface area (Å²) < 4.78 is 9.31. The highest BCUT2D eigenvalue weighted by molar-refractivity contribution is 5.89. The van der Waals surface area contributed by atoms with Crippen molar-refractivity contribution < 1.29 is 19.1 Å². The van der Waals surface area contributed by atoms with Crippen molar-refractivity contribution in [3.63, 3.8) is 0 Å². The summed E-state index contributed by atoms with van der Waals surface area (Å²) in [7, 11) is 2.68. The number of esters is 2. The second-order valence-corrected chi connectivity index (χ2v) is 4.70. The normalized spacial score (nSPS) is 10.4. The van der Waals surface area contributed by atoms with Crippen LogP contribution in [0.4, 0.5) is 0 Å². The highest BCUT2D eigenvalue weighted by atomic mass is 16.5. The predicted octanol–water partition coefficient (Wildman–Crippen LogP) is 2.31. The molecule has 0 aromatic heterocycles. The Morgan fingerprint density at radius 3 is 1.36 bits per heavy atom. The molecule has 5 heteroatoms. The first-order valence-corrected chi connectivity index (χ1v) is 6.69. The fourth-order valence-electron chi connectivity index (χ4n) is 2.08. The van der Waals surface area contributed by atoms with Gasteiger partial charge in [-0.05, 0) is 35.4 Å². The second-order valence-electron chi connectivity index (χ2n) is 4.70. The van der Waals surface area contributed by atoms with Crippen LogP contribution in [0.1, 0.15) is 37.9 Å². The smallest absolute Gasteiger partial charge is 0.337 e. The Balaban J connectivity index is 2.18. The maximum atomic E-state index is 11.4. The minimum atomic E-state index is -0.387. The van der Waals surface area contributed by atoms with Crippen molar-refractivity contribution in [3.05, 3.63) is 70.8 Å². The number of carbonyl (C=O) groups excluding carboxylic acids is 2. The molecule has 0 aliphatic carbocycles. The fraction of sp³-hybridized carbons (Fsp3) is 0.176. The average Bonchev–Trinajstić information content (AvgIpc) is 2.60. The van der Waals surface area contributed by atoms with E-state index in [2.05, 4.69) is 9.47 Å². The fourth-order valence-corrected chi connectivity index (χ4v) is 2.08. The highest BCUT2D eigenvalue weighted by Crippen LogP contribution is 2.21. The zero-order chi connectivity index (χ0) is 16.1. The van der Waals surface area contributed by atoms with E-state index in [1.807, 2.05) is 0 Å². The SMILES string of the molecule is COC(=O)c1ccc(C(N)c2ccc(C(=O)OC)cc2)cc1. The van der Waals surface area contributed by atoms with Crippen LogP contribution in [0.2, 0.25) is 0 Å². The molecule has 0 bridgehead atoms. The standard InChI is InChI=1S/C17H17NO4/c1-21-16(19)13-7-3-11(4-8-13)15(18)12-5-9-14(10-6-12)17(20)22-2/h3-10,15H,18H2,1-2H3. The van der Waals surface area contributed by atoms with Crippen molar-refractivity contribution in [1.82, 2.24) is 0 Å². The molecule has 0 saturated carbocycles. The topological polar surface area (TPSA) is 78.6 Å². The molecule has 0 aliphatic heterocycles. The lowest BCUT2D eigenvalue weighted by Gasteiger charge is -2.13. The Morgan fingerprint density at radius 1 is 0.773 bits per heavy atom. The van der Waals surface area contributed by atoms with E-state index in [4.69, 9.17) is 5.73 Å². The summed E-state index contributed by atoms with van der Waals surface area (Å²) in [5.74, 6) is -0.773. The molecule has 114 valence electrons. The van der Waals surface area contributed by atoms with Crippen LogP contribution in [0.25, 0.3) is 0 Å². The Hall–Kier alpha value is -2.66. The summed E-state index contributed by atoms with van der Waals surface area (Å²) in [6, 6.07) is 13.5. The first-order valence-electron chi connectivity index (χ1n) is 6.69. The van der Waals surface area contributed by atoms with Gasteiger partial charge in [0, 0.05) is 0 Å². The van der Waals surface area contributed by atoms with Gasteiger partial charge in [-0.1, -0.05) is 24.3 Å². The number of hydrogen-bond donors (Lipinski definition) is 1. The summed E-state index contributed by atoms with van der Waals surface area (Å²) in [5.41, 5.74) is 8.86. The quantitative estimate of drug-likeness (QED) is 0.876. The van der Waals surface area contributed by atoms with Crippen LogP contribution in [-0.4, -0.2) is 26.2 Å². The van der Waals surface area contributed by atoms with Gasteiger partial charge >= 0.3 is 11.9 Å². The van der Waals surface area contributed by atoms with Gasteiger partial charge in [0.05, 0.1) is 31.4 Å². The number of methoxy groups -OCH3 is 2. The molecule has 0 spiro atoms. The van der Waals surface area contributed by atoms with E-state index in [1.54, 1.807) is 48.5 Å². The van der Waals surface area contributed by atoms with E-state index in [0.717, 1.165) is 11.1 Å². The van der Waals surface area contributed by atoms with Crippen molar-refractivity contribution in [2.75, 3.05) is 14.2 Å². The highest BCUT2D eigenvalue weighted by Gasteiger charge is 2.12. The minimum Gasteiger partial charge on any atom is -0.465 e. The molecule has 0 radical (unpaired) electrons. The van der Waals surface area contributed by atoms with E-state index in [0.29, 0.717) is 11.1 Å². The molecule has 0 aliphatic rings. The van der Waals surface area contributed by atoms with Crippen LogP contribution in [0.5, 0.6) is 0 Å². The Labute approximate surface area is 128 Å². The van der Waals surface area contributed by atoms with Crippen LogP contribution in [-0.2, 0) is 9.47 Å². The van der Waals surface area contributed by atoms with Gasteiger partial charge in [0.15, 0.2) is 0 Å². The van der Waals surface area contributed by atoms with Gasteiger partial charge in [-0.3, -0.25) is 0 Å². The number of ether oxygens (including phenoxy) is 2. The molecule has 2 N–H and O–H groups in total. The summed E-state index contributed by atoms with van der Waals surface area (Å²) in [5, 5.41) is 0. The summed E-state index contributed by atoms with van der Waals surface area (Å²) in [6.45, 7) is 0. The molecule has 0 amide bonds. The number of carbonyl (C=O) groups is 2. The van der Waals surface area contributed by atoms with Gasteiger partial charge in [-0.2, -0.15) is 0 Å². The molecule has 0 atom stereocenters. The van der Waals surface area contributed by atoms with Gasteiger partial charge in [0.1, 0.15) is 0 Å². The molecule has 5 nitrogen and oxygen atoms in total.